The number of carboxylic acids is 1. The van der Waals surface area contributed by atoms with E-state index in [1.54, 1.807) is 12.1 Å². The van der Waals surface area contributed by atoms with Crippen molar-refractivity contribution in [1.29, 1.82) is 0 Å². The van der Waals surface area contributed by atoms with Gasteiger partial charge in [0.15, 0.2) is 0 Å². The second-order valence-corrected chi connectivity index (χ2v) is 5.44. The number of hydrogen-bond donors (Lipinski definition) is 1. The summed E-state index contributed by atoms with van der Waals surface area (Å²) in [7, 11) is 2.11. The van der Waals surface area contributed by atoms with Crippen LogP contribution in [0.1, 0.15) is 34.9 Å². The predicted molar refractivity (Wildman–Crippen MR) is 81.2 cm³/mol. The Labute approximate surface area is 124 Å². The third kappa shape index (κ3) is 2.67. The van der Waals surface area contributed by atoms with E-state index in [2.05, 4.69) is 11.9 Å². The van der Waals surface area contributed by atoms with Crippen LogP contribution in [0.25, 0.3) is 11.3 Å². The molecule has 108 valence electrons. The Hall–Kier alpha value is -2.20. The van der Waals surface area contributed by atoms with Crippen molar-refractivity contribution in [3.05, 3.63) is 53.7 Å². The van der Waals surface area contributed by atoms with Crippen molar-refractivity contribution in [2.24, 2.45) is 0 Å². The molecule has 0 spiro atoms. The maximum atomic E-state index is 11.4. The van der Waals surface area contributed by atoms with Crippen molar-refractivity contribution in [2.45, 2.75) is 18.9 Å². The van der Waals surface area contributed by atoms with Crippen LogP contribution >= 0.6 is 0 Å². The fourth-order valence-electron chi connectivity index (χ4n) is 2.96. The maximum Gasteiger partial charge on any atom is 0.336 e. The molecule has 4 nitrogen and oxygen atoms in total. The van der Waals surface area contributed by atoms with Crippen molar-refractivity contribution in [3.8, 4) is 11.3 Å². The second kappa shape index (κ2) is 5.66. The summed E-state index contributed by atoms with van der Waals surface area (Å²) in [5, 5.41) is 9.31. The summed E-state index contributed by atoms with van der Waals surface area (Å²) in [6.45, 7) is 1.09. The standard InChI is InChI=1S/C17H18N2O2/c1-19-11-5-10-16(19)15-9-4-8-14(18-15)12-6-2-3-7-13(12)17(20)21/h2-4,6-9,16H,5,10-11H2,1H3,(H,20,21)/t16-/m0/s1. The van der Waals surface area contributed by atoms with E-state index < -0.39 is 5.97 Å². The highest BCUT2D eigenvalue weighted by molar-refractivity contribution is 5.95. The Bertz CT molecular complexity index is 669. The molecule has 1 saturated heterocycles. The Morgan fingerprint density at radius 3 is 2.76 bits per heavy atom. The van der Waals surface area contributed by atoms with Crippen LogP contribution in [0.2, 0.25) is 0 Å². The van der Waals surface area contributed by atoms with Crippen molar-refractivity contribution >= 4 is 5.97 Å². The number of benzene rings is 1. The fourth-order valence-corrected chi connectivity index (χ4v) is 2.96. The molecule has 4 heteroatoms. The van der Waals surface area contributed by atoms with Gasteiger partial charge in [-0.25, -0.2) is 4.79 Å². The van der Waals surface area contributed by atoms with Gasteiger partial charge in [0.2, 0.25) is 0 Å². The molecule has 2 aromatic rings. The molecule has 0 bridgehead atoms. The molecule has 1 fully saturated rings. The van der Waals surface area contributed by atoms with Gasteiger partial charge in [-0.15, -0.1) is 0 Å². The molecule has 21 heavy (non-hydrogen) atoms. The molecule has 1 aromatic carbocycles. The summed E-state index contributed by atoms with van der Waals surface area (Å²) in [6.07, 6.45) is 2.28. The molecule has 0 unspecified atom stereocenters. The number of likely N-dealkylation sites (tertiary alicyclic amines) is 1. The van der Waals surface area contributed by atoms with Crippen molar-refractivity contribution in [2.75, 3.05) is 13.6 Å². The van der Waals surface area contributed by atoms with Gasteiger partial charge in [0.25, 0.3) is 0 Å². The van der Waals surface area contributed by atoms with Crippen LogP contribution in [0.15, 0.2) is 42.5 Å². The number of nitrogens with zero attached hydrogens (tertiary/aromatic N) is 2. The number of aromatic nitrogens is 1. The third-order valence-corrected chi connectivity index (χ3v) is 4.07. The van der Waals surface area contributed by atoms with Crippen LogP contribution in [0.4, 0.5) is 0 Å². The number of carbonyl (C=O) groups is 1. The van der Waals surface area contributed by atoms with Crippen molar-refractivity contribution < 1.29 is 9.90 Å². The SMILES string of the molecule is CN1CCC[C@H]1c1cccc(-c2ccccc2C(=O)O)n1. The lowest BCUT2D eigenvalue weighted by Crippen LogP contribution is -2.18. The monoisotopic (exact) mass is 282 g/mol. The van der Waals surface area contributed by atoms with Gasteiger partial charge in [-0.1, -0.05) is 24.3 Å². The number of aromatic carboxylic acids is 1. The lowest BCUT2D eigenvalue weighted by Gasteiger charge is -2.19. The molecule has 2 heterocycles. The smallest absolute Gasteiger partial charge is 0.336 e. The highest BCUT2D eigenvalue weighted by Gasteiger charge is 2.24. The van der Waals surface area contributed by atoms with Crippen molar-refractivity contribution in [1.82, 2.24) is 9.88 Å². The quantitative estimate of drug-likeness (QED) is 0.939. The van der Waals surface area contributed by atoms with E-state index in [4.69, 9.17) is 4.98 Å². The molecular weight excluding hydrogens is 264 g/mol. The molecule has 0 aliphatic carbocycles. The Morgan fingerprint density at radius 1 is 1.24 bits per heavy atom. The van der Waals surface area contributed by atoms with Gasteiger partial charge in [0.05, 0.1) is 23.0 Å². The average molecular weight is 282 g/mol. The maximum absolute atomic E-state index is 11.4. The third-order valence-electron chi connectivity index (χ3n) is 4.07. The largest absolute Gasteiger partial charge is 0.478 e. The van der Waals surface area contributed by atoms with E-state index in [1.165, 1.54) is 6.42 Å². The van der Waals surface area contributed by atoms with E-state index in [-0.39, 0.29) is 0 Å². The topological polar surface area (TPSA) is 53.4 Å². The molecule has 1 atom stereocenters. The summed E-state index contributed by atoms with van der Waals surface area (Å²) in [4.78, 5) is 18.4. The van der Waals surface area contributed by atoms with Crippen LogP contribution in [-0.2, 0) is 0 Å². The van der Waals surface area contributed by atoms with Crippen molar-refractivity contribution in [3.63, 3.8) is 0 Å². The van der Waals surface area contributed by atoms with Gasteiger partial charge in [0.1, 0.15) is 0 Å². The normalized spacial score (nSPS) is 18.8. The first-order chi connectivity index (χ1) is 10.2. The first-order valence-corrected chi connectivity index (χ1v) is 7.16. The zero-order chi connectivity index (χ0) is 14.8. The minimum atomic E-state index is -0.921. The molecule has 1 aromatic heterocycles. The Balaban J connectivity index is 2.02. The zero-order valence-electron chi connectivity index (χ0n) is 12.0. The van der Waals surface area contributed by atoms with E-state index in [1.807, 2.05) is 30.3 Å². The highest BCUT2D eigenvalue weighted by atomic mass is 16.4. The second-order valence-electron chi connectivity index (χ2n) is 5.44. The summed E-state index contributed by atoms with van der Waals surface area (Å²) in [6, 6.07) is 13.2. The summed E-state index contributed by atoms with van der Waals surface area (Å²) >= 11 is 0. The molecule has 1 N–H and O–H groups in total. The minimum absolute atomic E-state index is 0.293. The van der Waals surface area contributed by atoms with Gasteiger partial charge >= 0.3 is 5.97 Å². The lowest BCUT2D eigenvalue weighted by molar-refractivity contribution is 0.0697. The van der Waals surface area contributed by atoms with E-state index in [0.29, 0.717) is 17.2 Å². The average Bonchev–Trinajstić information content (AvgIpc) is 2.93. The van der Waals surface area contributed by atoms with E-state index >= 15 is 0 Å². The van der Waals surface area contributed by atoms with Gasteiger partial charge < -0.3 is 5.11 Å². The Kier molecular flexibility index (Phi) is 3.71. The zero-order valence-corrected chi connectivity index (χ0v) is 12.0. The number of hydrogen-bond acceptors (Lipinski definition) is 3. The molecule has 0 radical (unpaired) electrons. The molecule has 1 aliphatic rings. The van der Waals surface area contributed by atoms with E-state index in [9.17, 15) is 9.90 Å². The van der Waals surface area contributed by atoms with Crippen LogP contribution in [-0.4, -0.2) is 34.6 Å². The Morgan fingerprint density at radius 2 is 2.05 bits per heavy atom. The summed E-state index contributed by atoms with van der Waals surface area (Å²) in [5.74, 6) is -0.921. The summed E-state index contributed by atoms with van der Waals surface area (Å²) in [5.41, 5.74) is 2.72. The first-order valence-electron chi connectivity index (χ1n) is 7.16. The predicted octanol–water partition coefficient (Wildman–Crippen LogP) is 3.21. The number of carboxylic acid groups (broad SMARTS) is 1. The fraction of sp³-hybridized carbons (Fsp3) is 0.294. The van der Waals surface area contributed by atoms with Crippen LogP contribution in [0.5, 0.6) is 0 Å². The number of rotatable bonds is 3. The molecular formula is C17H18N2O2. The van der Waals surface area contributed by atoms with Gasteiger partial charge in [-0.05, 0) is 44.6 Å². The van der Waals surface area contributed by atoms with Crippen LogP contribution < -0.4 is 0 Å². The molecule has 3 rings (SSSR count). The van der Waals surface area contributed by atoms with E-state index in [0.717, 1.165) is 24.4 Å². The minimum Gasteiger partial charge on any atom is -0.478 e. The first kappa shape index (κ1) is 13.8. The van der Waals surface area contributed by atoms with Crippen LogP contribution in [0.3, 0.4) is 0 Å². The van der Waals surface area contributed by atoms with Gasteiger partial charge in [-0.3, -0.25) is 9.88 Å². The molecule has 1 aliphatic heterocycles. The van der Waals surface area contributed by atoms with Crippen LogP contribution in [0, 0.1) is 0 Å². The van der Waals surface area contributed by atoms with Gasteiger partial charge in [-0.2, -0.15) is 0 Å². The highest BCUT2D eigenvalue weighted by Crippen LogP contribution is 2.31. The summed E-state index contributed by atoms with van der Waals surface area (Å²) < 4.78 is 0. The van der Waals surface area contributed by atoms with Gasteiger partial charge in [0, 0.05) is 5.56 Å². The lowest BCUT2D eigenvalue weighted by atomic mass is 10.0. The molecule has 0 amide bonds. The molecule has 0 saturated carbocycles. The number of pyridine rings is 1.